The number of carbonyl (C=O) groups is 4. The van der Waals surface area contributed by atoms with Crippen LogP contribution in [-0.2, 0) is 14.4 Å². The van der Waals surface area contributed by atoms with Gasteiger partial charge in [-0.3, -0.25) is 9.59 Å². The zero-order chi connectivity index (χ0) is 19.5. The predicted octanol–water partition coefficient (Wildman–Crippen LogP) is 1.95. The monoisotopic (exact) mass is 380 g/mol. The summed E-state index contributed by atoms with van der Waals surface area (Å²) in [6.45, 7) is 5.03. The van der Waals surface area contributed by atoms with Gasteiger partial charge in [-0.2, -0.15) is 12.6 Å². The quantitative estimate of drug-likeness (QED) is 0.598. The van der Waals surface area contributed by atoms with Crippen LogP contribution < -0.4 is 5.32 Å². The maximum absolute atomic E-state index is 12.4. The lowest BCUT2D eigenvalue weighted by Crippen LogP contribution is -2.47. The van der Waals surface area contributed by atoms with Crippen molar-refractivity contribution in [3.63, 3.8) is 0 Å². The number of carbonyl (C=O) groups excluding carboxylic acids is 4. The number of rotatable bonds is 5. The summed E-state index contributed by atoms with van der Waals surface area (Å²) in [7, 11) is 0. The Bertz CT molecular complexity index is 708. The molecule has 1 unspecified atom stereocenters. The van der Waals surface area contributed by atoms with Crippen molar-refractivity contribution in [3.05, 3.63) is 35.4 Å². The number of fused-ring (bicyclic) bond motifs is 1. The van der Waals surface area contributed by atoms with Crippen molar-refractivity contribution in [1.82, 2.24) is 10.4 Å². The van der Waals surface area contributed by atoms with Gasteiger partial charge in [-0.05, 0) is 45.1 Å². The second-order valence-electron chi connectivity index (χ2n) is 6.57. The van der Waals surface area contributed by atoms with E-state index in [-0.39, 0.29) is 23.3 Å². The van der Waals surface area contributed by atoms with Crippen molar-refractivity contribution >= 4 is 36.5 Å². The Morgan fingerprint density at radius 2 is 1.69 bits per heavy atom. The van der Waals surface area contributed by atoms with Gasteiger partial charge >= 0.3 is 12.1 Å². The fraction of sp³-hybridized carbons (Fsp3) is 0.412. The molecule has 8 nitrogen and oxygen atoms in total. The third kappa shape index (κ3) is 4.54. The molecule has 0 fully saturated rings. The highest BCUT2D eigenvalue weighted by molar-refractivity contribution is 7.80. The van der Waals surface area contributed by atoms with Gasteiger partial charge in [0.15, 0.2) is 0 Å². The summed E-state index contributed by atoms with van der Waals surface area (Å²) in [5, 5.41) is 2.76. The van der Waals surface area contributed by atoms with Gasteiger partial charge in [0, 0.05) is 0 Å². The smallest absolute Gasteiger partial charge is 0.408 e. The number of benzene rings is 1. The molecule has 0 radical (unpaired) electrons. The fourth-order valence-corrected chi connectivity index (χ4v) is 2.49. The van der Waals surface area contributed by atoms with E-state index in [4.69, 9.17) is 9.57 Å². The van der Waals surface area contributed by atoms with Crippen LogP contribution in [-0.4, -0.2) is 46.3 Å². The summed E-state index contributed by atoms with van der Waals surface area (Å²) < 4.78 is 5.10. The Kier molecular flexibility index (Phi) is 5.91. The first-order valence-corrected chi connectivity index (χ1v) is 8.57. The minimum Gasteiger partial charge on any atom is -0.444 e. The van der Waals surface area contributed by atoms with Gasteiger partial charge in [-0.1, -0.05) is 17.2 Å². The maximum atomic E-state index is 12.4. The largest absolute Gasteiger partial charge is 0.444 e. The van der Waals surface area contributed by atoms with Crippen LogP contribution in [0.15, 0.2) is 24.3 Å². The summed E-state index contributed by atoms with van der Waals surface area (Å²) in [4.78, 5) is 53.7. The van der Waals surface area contributed by atoms with E-state index in [1.165, 1.54) is 12.1 Å². The lowest BCUT2D eigenvalue weighted by molar-refractivity contribution is -0.171. The van der Waals surface area contributed by atoms with Crippen LogP contribution in [0, 0.1) is 0 Å². The molecule has 0 spiro atoms. The summed E-state index contributed by atoms with van der Waals surface area (Å²) in [5.41, 5.74) is -0.450. The van der Waals surface area contributed by atoms with Gasteiger partial charge in [0.05, 0.1) is 11.1 Å². The number of thiol groups is 1. The molecular weight excluding hydrogens is 360 g/mol. The van der Waals surface area contributed by atoms with Gasteiger partial charge in [0.2, 0.25) is 0 Å². The molecule has 0 saturated heterocycles. The first-order valence-electron chi connectivity index (χ1n) is 7.94. The number of amides is 3. The molecule has 1 aliphatic rings. The molecule has 1 aliphatic heterocycles. The van der Waals surface area contributed by atoms with E-state index in [0.29, 0.717) is 5.06 Å². The van der Waals surface area contributed by atoms with Gasteiger partial charge in [-0.25, -0.2) is 9.59 Å². The van der Waals surface area contributed by atoms with Crippen LogP contribution in [0.2, 0.25) is 0 Å². The van der Waals surface area contributed by atoms with Crippen LogP contribution in [0.4, 0.5) is 4.79 Å². The van der Waals surface area contributed by atoms with E-state index in [2.05, 4.69) is 17.9 Å². The fourth-order valence-electron chi connectivity index (χ4n) is 2.23. The lowest BCUT2D eigenvalue weighted by atomic mass is 10.1. The van der Waals surface area contributed by atoms with Gasteiger partial charge in [0.25, 0.3) is 11.8 Å². The number of alkyl carbamates (subject to hydrolysis) is 1. The second-order valence-corrected chi connectivity index (χ2v) is 7.02. The van der Waals surface area contributed by atoms with Crippen LogP contribution in [0.25, 0.3) is 0 Å². The molecule has 26 heavy (non-hydrogen) atoms. The number of nitrogens with zero attached hydrogens (tertiary/aromatic N) is 1. The molecule has 3 amide bonds. The minimum absolute atomic E-state index is 0.129. The Morgan fingerprint density at radius 3 is 2.15 bits per heavy atom. The molecule has 1 N–H and O–H groups in total. The molecule has 0 bridgehead atoms. The predicted molar refractivity (Wildman–Crippen MR) is 94.7 cm³/mol. The van der Waals surface area contributed by atoms with Gasteiger partial charge < -0.3 is 14.9 Å². The van der Waals surface area contributed by atoms with Crippen LogP contribution >= 0.6 is 12.6 Å². The van der Waals surface area contributed by atoms with E-state index >= 15 is 0 Å². The maximum Gasteiger partial charge on any atom is 0.408 e. The zero-order valence-electron chi connectivity index (χ0n) is 14.6. The van der Waals surface area contributed by atoms with Crippen molar-refractivity contribution in [1.29, 1.82) is 0 Å². The van der Waals surface area contributed by atoms with Crippen molar-refractivity contribution in [2.24, 2.45) is 0 Å². The minimum atomic E-state index is -1.12. The SMILES string of the molecule is CC(C)(C)OC(=O)NC(CCS)C(=O)ON1C(=O)c2ccccc2C1=O. The standard InChI is InChI=1S/C17H20N2O6S/c1-17(2,3)24-16(23)18-12(8-9-26)15(22)25-19-13(20)10-6-4-5-7-11(10)14(19)21/h4-7,12,26H,8-9H2,1-3H3,(H,18,23). The second kappa shape index (κ2) is 7.77. The average molecular weight is 380 g/mol. The van der Waals surface area contributed by atoms with Gasteiger partial charge in [-0.15, -0.1) is 0 Å². The molecule has 0 saturated carbocycles. The molecule has 2 rings (SSSR count). The first-order chi connectivity index (χ1) is 12.1. The molecule has 1 aromatic carbocycles. The van der Waals surface area contributed by atoms with Crippen molar-refractivity contribution in [2.75, 3.05) is 5.75 Å². The Morgan fingerprint density at radius 1 is 1.15 bits per heavy atom. The van der Waals surface area contributed by atoms with E-state index in [0.717, 1.165) is 0 Å². The highest BCUT2D eigenvalue weighted by atomic mass is 32.1. The number of hydrogen-bond acceptors (Lipinski definition) is 7. The molecule has 140 valence electrons. The molecule has 0 aromatic heterocycles. The normalized spacial score (nSPS) is 14.7. The Hall–Kier alpha value is -2.55. The molecule has 0 aliphatic carbocycles. The van der Waals surface area contributed by atoms with E-state index in [1.54, 1.807) is 32.9 Å². The van der Waals surface area contributed by atoms with Crippen LogP contribution in [0.3, 0.4) is 0 Å². The van der Waals surface area contributed by atoms with E-state index in [1.807, 2.05) is 0 Å². The molecule has 9 heteroatoms. The molecule has 1 heterocycles. The topological polar surface area (TPSA) is 102 Å². The summed E-state index contributed by atoms with van der Waals surface area (Å²) in [6.07, 6.45) is -0.687. The summed E-state index contributed by atoms with van der Waals surface area (Å²) in [6, 6.07) is 5.01. The first kappa shape index (κ1) is 19.8. The third-order valence-corrected chi connectivity index (χ3v) is 3.59. The summed E-state index contributed by atoms with van der Waals surface area (Å²) >= 11 is 4.04. The van der Waals surface area contributed by atoms with E-state index < -0.39 is 35.5 Å². The third-order valence-electron chi connectivity index (χ3n) is 3.33. The highest BCUT2D eigenvalue weighted by Gasteiger charge is 2.40. The number of hydrogen-bond donors (Lipinski definition) is 2. The molecule has 1 atom stereocenters. The van der Waals surface area contributed by atoms with Crippen molar-refractivity contribution in [3.8, 4) is 0 Å². The number of imide groups is 1. The van der Waals surface area contributed by atoms with Gasteiger partial charge in [0.1, 0.15) is 11.6 Å². The molecule has 1 aromatic rings. The highest BCUT2D eigenvalue weighted by Crippen LogP contribution is 2.23. The zero-order valence-corrected chi connectivity index (χ0v) is 15.5. The number of nitrogens with one attached hydrogen (secondary N) is 1. The number of ether oxygens (including phenoxy) is 1. The van der Waals surface area contributed by atoms with E-state index in [9.17, 15) is 19.2 Å². The van der Waals surface area contributed by atoms with Crippen LogP contribution in [0.1, 0.15) is 47.9 Å². The number of hydroxylamine groups is 2. The van der Waals surface area contributed by atoms with Crippen LogP contribution in [0.5, 0.6) is 0 Å². The lowest BCUT2D eigenvalue weighted by Gasteiger charge is -2.23. The molecular formula is C17H20N2O6S. The van der Waals surface area contributed by atoms with Crippen molar-refractivity contribution < 1.29 is 28.8 Å². The Labute approximate surface area is 156 Å². The van der Waals surface area contributed by atoms with Crippen molar-refractivity contribution in [2.45, 2.75) is 38.8 Å². The summed E-state index contributed by atoms with van der Waals surface area (Å²) in [5.74, 6) is -2.17. The average Bonchev–Trinajstić information content (AvgIpc) is 2.78. The Balaban J connectivity index is 2.07.